The highest BCUT2D eigenvalue weighted by molar-refractivity contribution is 5.90. The van der Waals surface area contributed by atoms with Crippen LogP contribution in [0.4, 0.5) is 0 Å². The number of carbonyl (C=O) groups excluding carboxylic acids is 1. The van der Waals surface area contributed by atoms with Gasteiger partial charge in [0, 0.05) is 19.5 Å². The van der Waals surface area contributed by atoms with Gasteiger partial charge in [-0.25, -0.2) is 0 Å². The molecule has 0 aromatic heterocycles. The van der Waals surface area contributed by atoms with Crippen LogP contribution in [-0.4, -0.2) is 34.6 Å². The first kappa shape index (κ1) is 8.09. The fourth-order valence-corrected chi connectivity index (χ4v) is 1.26. The first-order chi connectivity index (χ1) is 5.01. The Kier molecular flexibility index (Phi) is 1.65. The Balaban J connectivity index is 2.93. The van der Waals surface area contributed by atoms with Crippen molar-refractivity contribution in [2.45, 2.75) is 25.0 Å². The Morgan fingerprint density at radius 1 is 1.91 bits per heavy atom. The molecular weight excluding hydrogens is 142 g/mol. The summed E-state index contributed by atoms with van der Waals surface area (Å²) in [5, 5.41) is 9.48. The van der Waals surface area contributed by atoms with Crippen molar-refractivity contribution in [1.82, 2.24) is 4.90 Å². The van der Waals surface area contributed by atoms with Crippen molar-refractivity contribution in [1.29, 1.82) is 0 Å². The third-order valence-electron chi connectivity index (χ3n) is 2.16. The third-order valence-corrected chi connectivity index (χ3v) is 2.16. The number of likely N-dealkylation sites (tertiary alicyclic amines) is 1. The van der Waals surface area contributed by atoms with E-state index in [4.69, 9.17) is 6.42 Å². The minimum atomic E-state index is -1.55. The van der Waals surface area contributed by atoms with Crippen LogP contribution in [0, 0.1) is 12.3 Å². The number of aliphatic hydroxyl groups is 1. The van der Waals surface area contributed by atoms with Gasteiger partial charge in [0.05, 0.1) is 0 Å². The molecule has 0 spiro atoms. The molecule has 0 aromatic rings. The Morgan fingerprint density at radius 3 is 2.64 bits per heavy atom. The van der Waals surface area contributed by atoms with Crippen LogP contribution < -0.4 is 0 Å². The van der Waals surface area contributed by atoms with E-state index in [2.05, 4.69) is 5.92 Å². The predicted molar refractivity (Wildman–Crippen MR) is 40.6 cm³/mol. The molecule has 0 radical (unpaired) electrons. The summed E-state index contributed by atoms with van der Waals surface area (Å²) in [7, 11) is 1.64. The minimum absolute atomic E-state index is 0.0311. The molecule has 1 N–H and O–H groups in total. The molecule has 1 saturated heterocycles. The van der Waals surface area contributed by atoms with Crippen LogP contribution in [0.2, 0.25) is 0 Å². The summed E-state index contributed by atoms with van der Waals surface area (Å²) >= 11 is 0. The molecule has 0 bridgehead atoms. The number of rotatable bonds is 0. The smallest absolute Gasteiger partial charge is 0.267 e. The van der Waals surface area contributed by atoms with Gasteiger partial charge >= 0.3 is 0 Å². The predicted octanol–water partition coefficient (Wildman–Crippen LogP) is -0.399. The Hall–Kier alpha value is -1.01. The molecular formula is C8H11NO2. The zero-order valence-corrected chi connectivity index (χ0v) is 6.66. The van der Waals surface area contributed by atoms with Gasteiger partial charge in [0.25, 0.3) is 5.91 Å². The molecule has 3 heteroatoms. The lowest BCUT2D eigenvalue weighted by Crippen LogP contribution is -2.37. The summed E-state index contributed by atoms with van der Waals surface area (Å²) in [5.74, 6) is 1.75. The van der Waals surface area contributed by atoms with Gasteiger partial charge in [-0.2, -0.15) is 0 Å². The second kappa shape index (κ2) is 2.24. The molecule has 11 heavy (non-hydrogen) atoms. The van der Waals surface area contributed by atoms with Crippen molar-refractivity contribution in [3.8, 4) is 12.3 Å². The van der Waals surface area contributed by atoms with Gasteiger partial charge < -0.3 is 10.0 Å². The Morgan fingerprint density at radius 2 is 2.45 bits per heavy atom. The van der Waals surface area contributed by atoms with Gasteiger partial charge in [-0.05, 0) is 6.92 Å². The quantitative estimate of drug-likeness (QED) is 0.481. The van der Waals surface area contributed by atoms with Crippen molar-refractivity contribution in [3.63, 3.8) is 0 Å². The van der Waals surface area contributed by atoms with Crippen molar-refractivity contribution < 1.29 is 9.90 Å². The summed E-state index contributed by atoms with van der Waals surface area (Å²) in [6, 6.07) is 0.0311. The van der Waals surface area contributed by atoms with E-state index >= 15 is 0 Å². The van der Waals surface area contributed by atoms with Gasteiger partial charge in [0.15, 0.2) is 0 Å². The summed E-state index contributed by atoms with van der Waals surface area (Å²) < 4.78 is 0. The summed E-state index contributed by atoms with van der Waals surface area (Å²) in [6.45, 7) is 1.85. The fraction of sp³-hybridized carbons (Fsp3) is 0.625. The molecule has 60 valence electrons. The summed E-state index contributed by atoms with van der Waals surface area (Å²) in [4.78, 5) is 12.7. The Bertz CT molecular complexity index is 231. The molecule has 1 amide bonds. The van der Waals surface area contributed by atoms with Crippen molar-refractivity contribution in [2.24, 2.45) is 0 Å². The monoisotopic (exact) mass is 153 g/mol. The van der Waals surface area contributed by atoms with E-state index in [0.717, 1.165) is 0 Å². The van der Waals surface area contributed by atoms with E-state index in [9.17, 15) is 9.90 Å². The maximum Gasteiger partial charge on any atom is 0.267 e. The van der Waals surface area contributed by atoms with Crippen molar-refractivity contribution >= 4 is 5.91 Å². The van der Waals surface area contributed by atoms with E-state index in [0.29, 0.717) is 6.42 Å². The van der Waals surface area contributed by atoms with Crippen LogP contribution in [-0.2, 0) is 4.79 Å². The number of amides is 1. The maximum absolute atomic E-state index is 11.2. The molecule has 0 unspecified atom stereocenters. The zero-order valence-electron chi connectivity index (χ0n) is 6.66. The Labute approximate surface area is 66.0 Å². The number of hydrogen-bond donors (Lipinski definition) is 1. The van der Waals surface area contributed by atoms with Gasteiger partial charge in [-0.15, -0.1) is 6.42 Å². The van der Waals surface area contributed by atoms with E-state index in [1.54, 1.807) is 7.05 Å². The van der Waals surface area contributed by atoms with Crippen LogP contribution in [0.25, 0.3) is 0 Å². The van der Waals surface area contributed by atoms with Crippen LogP contribution in [0.1, 0.15) is 13.3 Å². The van der Waals surface area contributed by atoms with Gasteiger partial charge in [0.2, 0.25) is 5.60 Å². The highest BCUT2D eigenvalue weighted by Gasteiger charge is 2.46. The normalized spacial score (nSPS) is 37.5. The lowest BCUT2D eigenvalue weighted by molar-refractivity contribution is -0.138. The fourth-order valence-electron chi connectivity index (χ4n) is 1.26. The molecule has 0 aliphatic carbocycles. The lowest BCUT2D eigenvalue weighted by Gasteiger charge is -2.14. The number of carbonyl (C=O) groups is 1. The molecule has 0 aromatic carbocycles. The molecule has 1 fully saturated rings. The number of likely N-dealkylation sites (N-methyl/N-ethyl adjacent to an activating group) is 1. The van der Waals surface area contributed by atoms with Crippen LogP contribution in [0.5, 0.6) is 0 Å². The van der Waals surface area contributed by atoms with E-state index in [-0.39, 0.29) is 11.9 Å². The average Bonchev–Trinajstić information content (AvgIpc) is 2.17. The average molecular weight is 153 g/mol. The SMILES string of the molecule is C#C[C@]1(O)C[C@H](C)N(C)C1=O. The van der Waals surface area contributed by atoms with Gasteiger partial charge in [0.1, 0.15) is 0 Å². The minimum Gasteiger partial charge on any atom is -0.369 e. The van der Waals surface area contributed by atoms with Gasteiger partial charge in [-0.3, -0.25) is 4.79 Å². The largest absolute Gasteiger partial charge is 0.369 e. The molecule has 1 aliphatic rings. The first-order valence-electron chi connectivity index (χ1n) is 3.48. The molecule has 2 atom stereocenters. The zero-order chi connectivity index (χ0) is 8.65. The summed E-state index contributed by atoms with van der Waals surface area (Å²) in [5.41, 5.74) is -1.55. The molecule has 3 nitrogen and oxygen atoms in total. The van der Waals surface area contributed by atoms with E-state index in [1.165, 1.54) is 4.90 Å². The van der Waals surface area contributed by atoms with Crippen molar-refractivity contribution in [2.75, 3.05) is 7.05 Å². The van der Waals surface area contributed by atoms with Crippen LogP contribution >= 0.6 is 0 Å². The standard InChI is InChI=1S/C8H11NO2/c1-4-8(11)5-6(2)9(3)7(8)10/h1,6,11H,5H2,2-3H3/t6-,8-/m0/s1. The molecule has 0 saturated carbocycles. The van der Waals surface area contributed by atoms with E-state index in [1.807, 2.05) is 6.92 Å². The van der Waals surface area contributed by atoms with Crippen molar-refractivity contribution in [3.05, 3.63) is 0 Å². The maximum atomic E-state index is 11.2. The first-order valence-corrected chi connectivity index (χ1v) is 3.48. The van der Waals surface area contributed by atoms with Gasteiger partial charge in [-0.1, -0.05) is 5.92 Å². The summed E-state index contributed by atoms with van der Waals surface area (Å²) in [6.07, 6.45) is 5.37. The number of hydrogen-bond acceptors (Lipinski definition) is 2. The molecule has 1 aliphatic heterocycles. The number of terminal acetylenes is 1. The third kappa shape index (κ3) is 0.997. The van der Waals surface area contributed by atoms with Crippen LogP contribution in [0.15, 0.2) is 0 Å². The van der Waals surface area contributed by atoms with E-state index < -0.39 is 5.60 Å². The second-order valence-corrected chi connectivity index (χ2v) is 2.97. The van der Waals surface area contributed by atoms with Crippen LogP contribution in [0.3, 0.4) is 0 Å². The lowest BCUT2D eigenvalue weighted by atomic mass is 10.0. The highest BCUT2D eigenvalue weighted by atomic mass is 16.3. The second-order valence-electron chi connectivity index (χ2n) is 2.97. The molecule has 1 heterocycles. The molecule has 1 rings (SSSR count). The highest BCUT2D eigenvalue weighted by Crippen LogP contribution is 2.25. The number of nitrogens with zero attached hydrogens (tertiary/aromatic N) is 1. The topological polar surface area (TPSA) is 40.5 Å².